The molecule has 1 aliphatic rings. The number of amides is 2. The van der Waals surface area contributed by atoms with Crippen LogP contribution in [0.1, 0.15) is 31.7 Å². The molecule has 166 valence electrons. The lowest BCUT2D eigenvalue weighted by molar-refractivity contribution is -0.156. The van der Waals surface area contributed by atoms with Gasteiger partial charge in [-0.2, -0.15) is 5.10 Å². The second-order valence-corrected chi connectivity index (χ2v) is 7.31. The van der Waals surface area contributed by atoms with Crippen molar-refractivity contribution >= 4 is 23.5 Å². The Kier molecular flexibility index (Phi) is 7.64. The van der Waals surface area contributed by atoms with Gasteiger partial charge in [-0.25, -0.2) is 4.79 Å². The average Bonchev–Trinajstić information content (AvgIpc) is 3.20. The van der Waals surface area contributed by atoms with Crippen LogP contribution in [0.3, 0.4) is 0 Å². The van der Waals surface area contributed by atoms with Crippen LogP contribution in [-0.4, -0.2) is 58.8 Å². The number of likely N-dealkylation sites (tertiary alicyclic amines) is 1. The van der Waals surface area contributed by atoms with E-state index in [0.717, 1.165) is 18.4 Å². The van der Waals surface area contributed by atoms with E-state index in [1.165, 1.54) is 10.9 Å². The number of nitrogens with zero attached hydrogens (tertiary/aromatic N) is 3. The molecule has 3 rings (SSSR count). The van der Waals surface area contributed by atoms with Crippen molar-refractivity contribution in [1.82, 2.24) is 14.7 Å². The minimum Gasteiger partial charge on any atom is -0.496 e. The van der Waals surface area contributed by atoms with E-state index in [0.29, 0.717) is 24.4 Å². The smallest absolute Gasteiger partial charge is 0.328 e. The zero-order valence-corrected chi connectivity index (χ0v) is 17.9. The molecule has 1 fully saturated rings. The number of hydrogen-bond acceptors (Lipinski definition) is 6. The third-order valence-electron chi connectivity index (χ3n) is 5.14. The predicted molar refractivity (Wildman–Crippen MR) is 114 cm³/mol. The molecular weight excluding hydrogens is 400 g/mol. The highest BCUT2D eigenvalue weighted by Gasteiger charge is 2.33. The number of piperidine rings is 1. The maximum absolute atomic E-state index is 12.8. The van der Waals surface area contributed by atoms with E-state index in [1.54, 1.807) is 31.2 Å². The molecule has 2 heterocycles. The topological polar surface area (TPSA) is 103 Å². The zero-order chi connectivity index (χ0) is 22.2. The highest BCUT2D eigenvalue weighted by atomic mass is 16.5. The third-order valence-corrected chi connectivity index (χ3v) is 5.14. The second-order valence-electron chi connectivity index (χ2n) is 7.31. The molecule has 0 spiro atoms. The van der Waals surface area contributed by atoms with Crippen molar-refractivity contribution in [3.05, 3.63) is 42.2 Å². The van der Waals surface area contributed by atoms with E-state index < -0.39 is 6.04 Å². The lowest BCUT2D eigenvalue weighted by Crippen LogP contribution is -2.49. The average molecular weight is 428 g/mol. The first-order chi connectivity index (χ1) is 15.0. The summed E-state index contributed by atoms with van der Waals surface area (Å²) in [6, 6.07) is 6.78. The Morgan fingerprint density at radius 2 is 2.03 bits per heavy atom. The molecule has 1 aliphatic heterocycles. The summed E-state index contributed by atoms with van der Waals surface area (Å²) in [5.41, 5.74) is 1.27. The molecule has 2 aromatic rings. The van der Waals surface area contributed by atoms with Gasteiger partial charge < -0.3 is 19.7 Å². The third kappa shape index (κ3) is 5.84. The zero-order valence-electron chi connectivity index (χ0n) is 17.9. The van der Waals surface area contributed by atoms with Crippen molar-refractivity contribution in [3.8, 4) is 5.75 Å². The Bertz CT molecular complexity index is 926. The van der Waals surface area contributed by atoms with E-state index in [9.17, 15) is 14.4 Å². The molecule has 1 N–H and O–H groups in total. The van der Waals surface area contributed by atoms with Crippen LogP contribution in [0.15, 0.2) is 36.7 Å². The van der Waals surface area contributed by atoms with Crippen molar-refractivity contribution in [2.45, 2.75) is 45.2 Å². The molecule has 0 unspecified atom stereocenters. The number of carbonyl (C=O) groups is 3. The van der Waals surface area contributed by atoms with Gasteiger partial charge in [-0.3, -0.25) is 14.3 Å². The number of para-hydroxylation sites is 1. The molecule has 1 saturated heterocycles. The molecule has 2 amide bonds. The SMILES string of the molecule is CCOC(=O)[C@@H]1CCCCN1C(=O)Cn1cc(NC(=O)Cc2ccccc2OC)cn1. The van der Waals surface area contributed by atoms with Gasteiger partial charge in [0.2, 0.25) is 11.8 Å². The summed E-state index contributed by atoms with van der Waals surface area (Å²) in [5.74, 6) is -0.126. The molecule has 0 aliphatic carbocycles. The number of rotatable bonds is 8. The number of carbonyl (C=O) groups excluding carboxylic acids is 3. The maximum atomic E-state index is 12.8. The lowest BCUT2D eigenvalue weighted by Gasteiger charge is -2.34. The first-order valence-electron chi connectivity index (χ1n) is 10.4. The maximum Gasteiger partial charge on any atom is 0.328 e. The van der Waals surface area contributed by atoms with Crippen LogP contribution in [0.4, 0.5) is 5.69 Å². The van der Waals surface area contributed by atoms with Crippen molar-refractivity contribution in [1.29, 1.82) is 0 Å². The Morgan fingerprint density at radius 1 is 1.23 bits per heavy atom. The van der Waals surface area contributed by atoms with Gasteiger partial charge in [-0.05, 0) is 32.3 Å². The number of hydrogen-bond donors (Lipinski definition) is 1. The summed E-state index contributed by atoms with van der Waals surface area (Å²) in [5, 5.41) is 6.95. The number of methoxy groups -OCH3 is 1. The molecule has 0 bridgehead atoms. The van der Waals surface area contributed by atoms with Crippen LogP contribution in [0.2, 0.25) is 0 Å². The lowest BCUT2D eigenvalue weighted by atomic mass is 10.0. The van der Waals surface area contributed by atoms with Gasteiger partial charge in [0.15, 0.2) is 0 Å². The van der Waals surface area contributed by atoms with Gasteiger partial charge in [-0.1, -0.05) is 18.2 Å². The van der Waals surface area contributed by atoms with Gasteiger partial charge >= 0.3 is 5.97 Å². The van der Waals surface area contributed by atoms with Gasteiger partial charge in [-0.15, -0.1) is 0 Å². The summed E-state index contributed by atoms with van der Waals surface area (Å²) < 4.78 is 11.8. The summed E-state index contributed by atoms with van der Waals surface area (Å²) in [7, 11) is 1.56. The van der Waals surface area contributed by atoms with E-state index in [1.807, 2.05) is 18.2 Å². The molecule has 0 saturated carbocycles. The Morgan fingerprint density at radius 3 is 2.81 bits per heavy atom. The Labute approximate surface area is 181 Å². The van der Waals surface area contributed by atoms with Crippen molar-refractivity contribution in [3.63, 3.8) is 0 Å². The normalized spacial score (nSPS) is 15.9. The number of ether oxygens (including phenoxy) is 2. The molecule has 31 heavy (non-hydrogen) atoms. The minimum absolute atomic E-state index is 0.0156. The number of nitrogens with one attached hydrogen (secondary N) is 1. The first-order valence-corrected chi connectivity index (χ1v) is 10.4. The quantitative estimate of drug-likeness (QED) is 0.646. The van der Waals surface area contributed by atoms with Crippen LogP contribution < -0.4 is 10.1 Å². The van der Waals surface area contributed by atoms with Gasteiger partial charge in [0, 0.05) is 18.3 Å². The predicted octanol–water partition coefficient (Wildman–Crippen LogP) is 2.02. The van der Waals surface area contributed by atoms with Crippen molar-refractivity contribution in [2.24, 2.45) is 0 Å². The Hall–Kier alpha value is -3.36. The van der Waals surface area contributed by atoms with Crippen LogP contribution in [-0.2, 0) is 32.1 Å². The highest BCUT2D eigenvalue weighted by Crippen LogP contribution is 2.20. The molecule has 1 aromatic carbocycles. The van der Waals surface area contributed by atoms with Crippen molar-refractivity contribution in [2.75, 3.05) is 25.6 Å². The van der Waals surface area contributed by atoms with Crippen LogP contribution in [0.5, 0.6) is 5.75 Å². The van der Waals surface area contributed by atoms with E-state index in [-0.39, 0.29) is 37.4 Å². The van der Waals surface area contributed by atoms with Crippen LogP contribution in [0.25, 0.3) is 0 Å². The van der Waals surface area contributed by atoms with Crippen LogP contribution >= 0.6 is 0 Å². The van der Waals surface area contributed by atoms with Crippen LogP contribution in [0, 0.1) is 0 Å². The fourth-order valence-electron chi connectivity index (χ4n) is 3.68. The molecule has 9 nitrogen and oxygen atoms in total. The summed E-state index contributed by atoms with van der Waals surface area (Å²) in [4.78, 5) is 38.9. The van der Waals surface area contributed by atoms with E-state index in [4.69, 9.17) is 9.47 Å². The molecular formula is C22H28N4O5. The molecule has 9 heteroatoms. The van der Waals surface area contributed by atoms with E-state index in [2.05, 4.69) is 10.4 Å². The van der Waals surface area contributed by atoms with Gasteiger partial charge in [0.05, 0.1) is 32.0 Å². The monoisotopic (exact) mass is 428 g/mol. The highest BCUT2D eigenvalue weighted by molar-refractivity contribution is 5.92. The Balaban J connectivity index is 1.58. The molecule has 1 atom stereocenters. The largest absolute Gasteiger partial charge is 0.496 e. The number of benzene rings is 1. The number of aromatic nitrogens is 2. The minimum atomic E-state index is -0.545. The fourth-order valence-corrected chi connectivity index (χ4v) is 3.68. The summed E-state index contributed by atoms with van der Waals surface area (Å²) in [6.45, 7) is 2.54. The molecule has 1 aromatic heterocycles. The summed E-state index contributed by atoms with van der Waals surface area (Å²) >= 11 is 0. The van der Waals surface area contributed by atoms with Gasteiger partial charge in [0.25, 0.3) is 0 Å². The standard InChI is InChI=1S/C22H28N4O5/c1-3-31-22(29)18-9-6-7-11-26(18)21(28)15-25-14-17(13-23-25)24-20(27)12-16-8-4-5-10-19(16)30-2/h4-5,8,10,13-14,18H,3,6-7,9,11-12,15H2,1-2H3,(H,24,27)/t18-/m0/s1. The first kappa shape index (κ1) is 22.3. The number of anilines is 1. The molecule has 0 radical (unpaired) electrons. The van der Waals surface area contributed by atoms with Crippen molar-refractivity contribution < 1.29 is 23.9 Å². The van der Waals surface area contributed by atoms with Gasteiger partial charge in [0.1, 0.15) is 18.3 Å². The second kappa shape index (κ2) is 10.6. The fraction of sp³-hybridized carbons (Fsp3) is 0.455. The van der Waals surface area contributed by atoms with E-state index >= 15 is 0 Å². The summed E-state index contributed by atoms with van der Waals surface area (Å²) in [6.07, 6.45) is 5.59. The number of esters is 1.